The third-order valence-corrected chi connectivity index (χ3v) is 11.0. The van der Waals surface area contributed by atoms with Gasteiger partial charge in [0.1, 0.15) is 24.1 Å². The van der Waals surface area contributed by atoms with Crippen molar-refractivity contribution < 1.29 is 53.4 Å². The van der Waals surface area contributed by atoms with Gasteiger partial charge in [-0.15, -0.1) is 6.58 Å². The maximum Gasteiger partial charge on any atom is 0.412 e. The molecule has 1 fully saturated rings. The summed E-state index contributed by atoms with van der Waals surface area (Å²) < 4.78 is 31.3. The SMILES string of the molecule is C=CCOC12Oc3ccc(OC(=O)NCC)cc3C3C(CCCCO)C(CCCCO)C=C(C(=NOCc4ccccc4)CC1N(CCOCCO)C(=O)OCC)C32. The number of allylic oxidation sites excluding steroid dienone is 1. The van der Waals surface area contributed by atoms with Gasteiger partial charge in [-0.2, -0.15) is 0 Å². The number of hydrogen-bond acceptors (Lipinski definition) is 12. The second kappa shape index (κ2) is 22.6. The van der Waals surface area contributed by atoms with Crippen LogP contribution in [0.25, 0.3) is 0 Å². The molecule has 6 unspecified atom stereocenters. The number of aliphatic hydroxyl groups is 3. The van der Waals surface area contributed by atoms with E-state index in [1.54, 1.807) is 30.0 Å². The molecule has 2 aromatic rings. The fourth-order valence-electron chi connectivity index (χ4n) is 8.67. The van der Waals surface area contributed by atoms with E-state index in [-0.39, 0.29) is 83.6 Å². The lowest BCUT2D eigenvalue weighted by Gasteiger charge is -2.59. The van der Waals surface area contributed by atoms with Crippen LogP contribution in [0.1, 0.15) is 75.8 Å². The third-order valence-electron chi connectivity index (χ3n) is 11.0. The number of hydrogen-bond donors (Lipinski definition) is 4. The average molecular weight is 808 g/mol. The lowest BCUT2D eigenvalue weighted by molar-refractivity contribution is -0.256. The van der Waals surface area contributed by atoms with E-state index in [2.05, 4.69) is 18.0 Å². The highest BCUT2D eigenvalue weighted by Crippen LogP contribution is 2.62. The second-order valence-corrected chi connectivity index (χ2v) is 14.7. The Labute approximate surface area is 341 Å². The van der Waals surface area contributed by atoms with Crippen LogP contribution >= 0.6 is 0 Å². The summed E-state index contributed by atoms with van der Waals surface area (Å²) >= 11 is 0. The highest BCUT2D eigenvalue weighted by Gasteiger charge is 2.65. The van der Waals surface area contributed by atoms with Gasteiger partial charge in [-0.1, -0.05) is 60.5 Å². The first-order valence-corrected chi connectivity index (χ1v) is 20.7. The molecule has 318 valence electrons. The Bertz CT molecular complexity index is 1690. The van der Waals surface area contributed by atoms with Gasteiger partial charge in [0.2, 0.25) is 5.79 Å². The van der Waals surface area contributed by atoms with Crippen LogP contribution in [0.2, 0.25) is 0 Å². The summed E-state index contributed by atoms with van der Waals surface area (Å²) in [6.45, 7) is 8.60. The van der Waals surface area contributed by atoms with E-state index >= 15 is 0 Å². The van der Waals surface area contributed by atoms with E-state index in [0.717, 1.165) is 42.4 Å². The molecule has 1 aliphatic heterocycles. The van der Waals surface area contributed by atoms with E-state index < -0.39 is 29.9 Å². The van der Waals surface area contributed by atoms with Crippen molar-refractivity contribution in [2.45, 2.75) is 83.1 Å². The molecule has 0 saturated heterocycles. The lowest BCUT2D eigenvalue weighted by Crippen LogP contribution is -2.70. The quantitative estimate of drug-likeness (QED) is 0.0580. The molecule has 2 aliphatic carbocycles. The van der Waals surface area contributed by atoms with Gasteiger partial charge in [-0.05, 0) is 80.7 Å². The molecule has 0 spiro atoms. The summed E-state index contributed by atoms with van der Waals surface area (Å²) in [7, 11) is 0. The van der Waals surface area contributed by atoms with Crippen LogP contribution in [0, 0.1) is 17.8 Å². The van der Waals surface area contributed by atoms with Crippen LogP contribution in [0.4, 0.5) is 9.59 Å². The van der Waals surface area contributed by atoms with E-state index in [4.69, 9.17) is 33.7 Å². The Balaban J connectivity index is 1.76. The normalized spacial score (nSPS) is 23.8. The van der Waals surface area contributed by atoms with Crippen molar-refractivity contribution in [3.05, 3.63) is 84.0 Å². The predicted octanol–water partition coefficient (Wildman–Crippen LogP) is 6.10. The van der Waals surface area contributed by atoms with Crippen molar-refractivity contribution in [1.82, 2.24) is 10.2 Å². The number of nitrogens with zero attached hydrogens (tertiary/aromatic N) is 2. The standard InChI is InChI=1S/C44H61N3O11/c1-4-24-55-44-39(47(43(52)54-6-3)20-25-53-26-23-50)29-37(46-56-30-31-14-8-7-9-15-31)35-27-32(16-10-12-21-48)34(17-11-13-22-49)40(41(35)44)36-28-33(18-19-38(36)58-44)57-42(51)45-5-2/h4,7-9,14-15,18-19,27-28,32,34,39-41,48-50H,1,5-6,10-13,16-17,20-26,29-30H2,2-3H3,(H,45,51). The van der Waals surface area contributed by atoms with Gasteiger partial charge in [0, 0.05) is 44.2 Å². The summed E-state index contributed by atoms with van der Waals surface area (Å²) in [4.78, 5) is 34.5. The second-order valence-electron chi connectivity index (χ2n) is 14.7. The largest absolute Gasteiger partial charge is 0.459 e. The van der Waals surface area contributed by atoms with Crippen molar-refractivity contribution in [1.29, 1.82) is 0 Å². The minimum absolute atomic E-state index is 0.0152. The van der Waals surface area contributed by atoms with Gasteiger partial charge in [0.15, 0.2) is 0 Å². The first-order chi connectivity index (χ1) is 28.3. The molecule has 0 bridgehead atoms. The number of aliphatic hydroxyl groups excluding tert-OH is 3. The number of fused-ring (bicyclic) bond motifs is 2. The summed E-state index contributed by atoms with van der Waals surface area (Å²) in [5, 5.41) is 36.7. The number of amides is 2. The molecule has 5 rings (SSSR count). The number of ether oxygens (including phenoxy) is 5. The average Bonchev–Trinajstić information content (AvgIpc) is 3.22. The van der Waals surface area contributed by atoms with Gasteiger partial charge < -0.3 is 49.2 Å². The smallest absolute Gasteiger partial charge is 0.412 e. The summed E-state index contributed by atoms with van der Waals surface area (Å²) in [6.07, 6.45) is 7.22. The minimum atomic E-state index is -1.51. The third kappa shape index (κ3) is 10.8. The van der Waals surface area contributed by atoms with E-state index in [0.29, 0.717) is 36.6 Å². The van der Waals surface area contributed by atoms with Crippen molar-refractivity contribution in [2.24, 2.45) is 22.9 Å². The molecule has 14 nitrogen and oxygen atoms in total. The van der Waals surface area contributed by atoms with Crippen molar-refractivity contribution in [3.63, 3.8) is 0 Å². The first kappa shape index (κ1) is 44.6. The molecule has 0 aromatic heterocycles. The number of oxime groups is 1. The Morgan fingerprint density at radius 3 is 2.50 bits per heavy atom. The number of nitrogens with one attached hydrogen (secondary N) is 1. The highest BCUT2D eigenvalue weighted by atomic mass is 16.7. The summed E-state index contributed by atoms with van der Waals surface area (Å²) in [5.74, 6) is -1.54. The summed E-state index contributed by atoms with van der Waals surface area (Å²) in [5.41, 5.74) is 3.25. The van der Waals surface area contributed by atoms with Crippen molar-refractivity contribution in [2.75, 3.05) is 59.3 Å². The van der Waals surface area contributed by atoms with Crippen LogP contribution in [0.5, 0.6) is 11.5 Å². The Morgan fingerprint density at radius 2 is 1.79 bits per heavy atom. The van der Waals surface area contributed by atoms with E-state index in [1.807, 2.05) is 43.3 Å². The molecule has 2 aromatic carbocycles. The molecule has 14 heteroatoms. The van der Waals surface area contributed by atoms with Crippen LogP contribution in [0.3, 0.4) is 0 Å². The molecule has 2 amide bonds. The fraction of sp³-hybridized carbons (Fsp3) is 0.568. The van der Waals surface area contributed by atoms with Gasteiger partial charge in [0.05, 0.1) is 44.7 Å². The Hall–Kier alpha value is -4.47. The number of benzene rings is 2. The van der Waals surface area contributed by atoms with Gasteiger partial charge in [-0.25, -0.2) is 9.59 Å². The number of unbranched alkanes of at least 4 members (excludes halogenated alkanes) is 2. The van der Waals surface area contributed by atoms with Crippen molar-refractivity contribution >= 4 is 17.9 Å². The highest BCUT2D eigenvalue weighted by molar-refractivity contribution is 6.03. The lowest BCUT2D eigenvalue weighted by atomic mass is 9.55. The van der Waals surface area contributed by atoms with E-state index in [1.165, 1.54) is 0 Å². The molecule has 1 heterocycles. The van der Waals surface area contributed by atoms with Crippen LogP contribution in [-0.4, -0.2) is 109 Å². The van der Waals surface area contributed by atoms with Gasteiger partial charge >= 0.3 is 12.2 Å². The molecule has 6 atom stereocenters. The van der Waals surface area contributed by atoms with Crippen LogP contribution < -0.4 is 14.8 Å². The Morgan fingerprint density at radius 1 is 1.02 bits per heavy atom. The van der Waals surface area contributed by atoms with Crippen LogP contribution in [-0.2, 0) is 25.7 Å². The van der Waals surface area contributed by atoms with Gasteiger partial charge in [0.25, 0.3) is 0 Å². The molecule has 3 aliphatic rings. The maximum absolute atomic E-state index is 14.1. The zero-order valence-electron chi connectivity index (χ0n) is 33.9. The fourth-order valence-corrected chi connectivity index (χ4v) is 8.67. The number of carbonyl (C=O) groups is 2. The molecular formula is C44H61N3O11. The topological polar surface area (TPSA) is 178 Å². The Kier molecular flexibility index (Phi) is 17.4. The minimum Gasteiger partial charge on any atom is -0.459 e. The zero-order chi connectivity index (χ0) is 41.3. The number of carbonyl (C=O) groups excluding carboxylic acids is 2. The molecular weight excluding hydrogens is 746 g/mol. The molecule has 4 N–H and O–H groups in total. The van der Waals surface area contributed by atoms with E-state index in [9.17, 15) is 24.9 Å². The van der Waals surface area contributed by atoms with Crippen LogP contribution in [0.15, 0.2) is 78.0 Å². The zero-order valence-corrected chi connectivity index (χ0v) is 33.9. The van der Waals surface area contributed by atoms with Gasteiger partial charge in [-0.3, -0.25) is 4.90 Å². The summed E-state index contributed by atoms with van der Waals surface area (Å²) in [6, 6.07) is 14.2. The van der Waals surface area contributed by atoms with Crippen molar-refractivity contribution in [3.8, 4) is 11.5 Å². The predicted molar refractivity (Wildman–Crippen MR) is 218 cm³/mol. The molecule has 0 radical (unpaired) electrons. The molecule has 1 saturated carbocycles. The maximum atomic E-state index is 14.1. The molecule has 58 heavy (non-hydrogen) atoms. The monoisotopic (exact) mass is 807 g/mol. The first-order valence-electron chi connectivity index (χ1n) is 20.7. The number of rotatable bonds is 23.